The van der Waals surface area contributed by atoms with Gasteiger partial charge in [0.05, 0.1) is 6.10 Å². The Hall–Kier alpha value is -0.860. The van der Waals surface area contributed by atoms with Gasteiger partial charge in [0, 0.05) is 25.1 Å². The summed E-state index contributed by atoms with van der Waals surface area (Å²) in [6, 6.07) is 11.4. The molecule has 1 aromatic rings. The van der Waals surface area contributed by atoms with Crippen molar-refractivity contribution in [2.24, 2.45) is 11.8 Å². The fraction of sp³-hybridized carbons (Fsp3) is 0.647. The van der Waals surface area contributed by atoms with Gasteiger partial charge in [0.1, 0.15) is 0 Å². The highest BCUT2D eigenvalue weighted by atomic mass is 16.5. The molecule has 0 amide bonds. The summed E-state index contributed by atoms with van der Waals surface area (Å²) in [6.07, 6.45) is 5.62. The molecule has 104 valence electrons. The van der Waals surface area contributed by atoms with Crippen LogP contribution in [-0.2, 0) is 4.74 Å². The maximum Gasteiger partial charge on any atom is 0.0866 e. The van der Waals surface area contributed by atoms with Crippen LogP contribution in [0.1, 0.15) is 44.3 Å². The van der Waals surface area contributed by atoms with E-state index in [2.05, 4.69) is 42.6 Å². The molecule has 4 atom stereocenters. The molecule has 1 N–H and O–H groups in total. The Kier molecular flexibility index (Phi) is 4.19. The van der Waals surface area contributed by atoms with Crippen molar-refractivity contribution >= 4 is 0 Å². The third-order valence-electron chi connectivity index (χ3n) is 4.85. The van der Waals surface area contributed by atoms with Crippen LogP contribution in [0.2, 0.25) is 0 Å². The Morgan fingerprint density at radius 2 is 2.00 bits per heavy atom. The van der Waals surface area contributed by atoms with Gasteiger partial charge in [-0.2, -0.15) is 0 Å². The Morgan fingerprint density at radius 1 is 1.16 bits per heavy atom. The van der Waals surface area contributed by atoms with Gasteiger partial charge < -0.3 is 10.1 Å². The maximum atomic E-state index is 5.95. The van der Waals surface area contributed by atoms with Crippen molar-refractivity contribution in [3.63, 3.8) is 0 Å². The van der Waals surface area contributed by atoms with Crippen molar-refractivity contribution in [3.8, 4) is 0 Å². The van der Waals surface area contributed by atoms with Crippen molar-refractivity contribution < 1.29 is 4.74 Å². The van der Waals surface area contributed by atoms with E-state index in [0.29, 0.717) is 12.0 Å². The summed E-state index contributed by atoms with van der Waals surface area (Å²) in [5, 5.41) is 3.79. The molecule has 0 spiro atoms. The zero-order valence-electron chi connectivity index (χ0n) is 11.8. The third-order valence-corrected chi connectivity index (χ3v) is 4.85. The first-order valence-electron chi connectivity index (χ1n) is 7.74. The largest absolute Gasteiger partial charge is 0.373 e. The molecule has 2 aliphatic rings. The molecule has 0 aromatic heterocycles. The highest BCUT2D eigenvalue weighted by molar-refractivity contribution is 5.19. The van der Waals surface area contributed by atoms with E-state index < -0.39 is 0 Å². The van der Waals surface area contributed by atoms with E-state index in [1.165, 1.54) is 31.2 Å². The number of nitrogens with one attached hydrogen (secondary N) is 1. The standard InChI is InChI=1S/C17H25NO/c1-13-6-5-9-16(13)18-12-15-10-11-19-17(15)14-7-3-2-4-8-14/h2-4,7-8,13,15-18H,5-6,9-12H2,1H3/t13-,15-,16+,17+/m1/s1. The first-order valence-corrected chi connectivity index (χ1v) is 7.74. The quantitative estimate of drug-likeness (QED) is 0.893. The number of ether oxygens (including phenoxy) is 1. The number of hydrogen-bond donors (Lipinski definition) is 1. The fourth-order valence-corrected chi connectivity index (χ4v) is 3.61. The van der Waals surface area contributed by atoms with Crippen LogP contribution in [0.4, 0.5) is 0 Å². The smallest absolute Gasteiger partial charge is 0.0866 e. The van der Waals surface area contributed by atoms with E-state index in [-0.39, 0.29) is 0 Å². The van der Waals surface area contributed by atoms with Crippen LogP contribution < -0.4 is 5.32 Å². The van der Waals surface area contributed by atoms with Crippen LogP contribution >= 0.6 is 0 Å². The minimum atomic E-state index is 0.297. The molecule has 1 saturated carbocycles. The predicted octanol–water partition coefficient (Wildman–Crippen LogP) is 3.54. The first kappa shape index (κ1) is 13.1. The topological polar surface area (TPSA) is 21.3 Å². The molecule has 0 unspecified atom stereocenters. The number of benzene rings is 1. The van der Waals surface area contributed by atoms with Crippen molar-refractivity contribution in [2.75, 3.05) is 13.2 Å². The molecular weight excluding hydrogens is 234 g/mol. The Bertz CT molecular complexity index is 392. The summed E-state index contributed by atoms with van der Waals surface area (Å²) in [7, 11) is 0. The van der Waals surface area contributed by atoms with E-state index in [4.69, 9.17) is 4.74 Å². The third kappa shape index (κ3) is 3.01. The molecule has 1 aliphatic carbocycles. The molecule has 0 bridgehead atoms. The van der Waals surface area contributed by atoms with Crippen LogP contribution in [-0.4, -0.2) is 19.2 Å². The monoisotopic (exact) mass is 259 g/mol. The van der Waals surface area contributed by atoms with Gasteiger partial charge in [-0.15, -0.1) is 0 Å². The zero-order valence-corrected chi connectivity index (χ0v) is 11.8. The van der Waals surface area contributed by atoms with Crippen molar-refractivity contribution in [1.82, 2.24) is 5.32 Å². The number of rotatable bonds is 4. The summed E-state index contributed by atoms with van der Waals surface area (Å²) < 4.78 is 5.95. The van der Waals surface area contributed by atoms with Crippen LogP contribution in [0, 0.1) is 11.8 Å². The van der Waals surface area contributed by atoms with Gasteiger partial charge in [-0.25, -0.2) is 0 Å². The minimum Gasteiger partial charge on any atom is -0.373 e. The van der Waals surface area contributed by atoms with Gasteiger partial charge in [-0.3, -0.25) is 0 Å². The van der Waals surface area contributed by atoms with Gasteiger partial charge >= 0.3 is 0 Å². The van der Waals surface area contributed by atoms with Crippen LogP contribution in [0.15, 0.2) is 30.3 Å². The molecular formula is C17H25NO. The van der Waals surface area contributed by atoms with Gasteiger partial charge in [-0.1, -0.05) is 43.7 Å². The second-order valence-corrected chi connectivity index (χ2v) is 6.17. The molecule has 3 rings (SSSR count). The predicted molar refractivity (Wildman–Crippen MR) is 78.0 cm³/mol. The van der Waals surface area contributed by atoms with E-state index >= 15 is 0 Å². The summed E-state index contributed by atoms with van der Waals surface area (Å²) >= 11 is 0. The average molecular weight is 259 g/mol. The Labute approximate surface area is 116 Å². The van der Waals surface area contributed by atoms with E-state index in [1.807, 2.05) is 0 Å². The summed E-state index contributed by atoms with van der Waals surface area (Å²) in [5.41, 5.74) is 1.34. The highest BCUT2D eigenvalue weighted by Crippen LogP contribution is 2.34. The maximum absolute atomic E-state index is 5.95. The van der Waals surface area contributed by atoms with Gasteiger partial charge in [0.15, 0.2) is 0 Å². The molecule has 1 saturated heterocycles. The lowest BCUT2D eigenvalue weighted by atomic mass is 9.94. The summed E-state index contributed by atoms with van der Waals surface area (Å²) in [5.74, 6) is 1.48. The SMILES string of the molecule is C[C@@H]1CCC[C@@H]1NC[C@H]1CCO[C@H]1c1ccccc1. The van der Waals surface area contributed by atoms with Crippen molar-refractivity contribution in [1.29, 1.82) is 0 Å². The van der Waals surface area contributed by atoms with Crippen LogP contribution in [0.25, 0.3) is 0 Å². The van der Waals surface area contributed by atoms with Crippen molar-refractivity contribution in [2.45, 2.75) is 44.8 Å². The van der Waals surface area contributed by atoms with Gasteiger partial charge in [0.25, 0.3) is 0 Å². The van der Waals surface area contributed by atoms with E-state index in [1.54, 1.807) is 0 Å². The molecule has 2 heteroatoms. The normalized spacial score (nSPS) is 34.8. The molecule has 1 aromatic carbocycles. The van der Waals surface area contributed by atoms with Crippen LogP contribution in [0.5, 0.6) is 0 Å². The second-order valence-electron chi connectivity index (χ2n) is 6.17. The van der Waals surface area contributed by atoms with Gasteiger partial charge in [0.2, 0.25) is 0 Å². The molecule has 1 aliphatic heterocycles. The lowest BCUT2D eigenvalue weighted by Gasteiger charge is -2.23. The Morgan fingerprint density at radius 3 is 2.74 bits per heavy atom. The first-order chi connectivity index (χ1) is 9.34. The molecule has 2 fully saturated rings. The molecule has 19 heavy (non-hydrogen) atoms. The lowest BCUT2D eigenvalue weighted by molar-refractivity contribution is 0.0895. The Balaban J connectivity index is 1.58. The molecule has 0 radical (unpaired) electrons. The average Bonchev–Trinajstić information content (AvgIpc) is 3.06. The number of hydrogen-bond acceptors (Lipinski definition) is 2. The van der Waals surface area contributed by atoms with E-state index in [9.17, 15) is 0 Å². The fourth-order valence-electron chi connectivity index (χ4n) is 3.61. The molecule has 2 nitrogen and oxygen atoms in total. The van der Waals surface area contributed by atoms with E-state index in [0.717, 1.165) is 25.1 Å². The summed E-state index contributed by atoms with van der Waals surface area (Å²) in [4.78, 5) is 0. The van der Waals surface area contributed by atoms with Crippen molar-refractivity contribution in [3.05, 3.63) is 35.9 Å². The van der Waals surface area contributed by atoms with Crippen LogP contribution in [0.3, 0.4) is 0 Å². The minimum absolute atomic E-state index is 0.297. The summed E-state index contributed by atoms with van der Waals surface area (Å²) in [6.45, 7) is 4.39. The molecule has 1 heterocycles. The van der Waals surface area contributed by atoms with Gasteiger partial charge in [-0.05, 0) is 30.7 Å². The lowest BCUT2D eigenvalue weighted by Crippen LogP contribution is -2.35. The second kappa shape index (κ2) is 6.06. The zero-order chi connectivity index (χ0) is 13.1. The highest BCUT2D eigenvalue weighted by Gasteiger charge is 2.31.